The molecule has 0 spiro atoms. The van der Waals surface area contributed by atoms with Gasteiger partial charge in [-0.2, -0.15) is 0 Å². The number of carbonyl (C=O) groups is 1. The second kappa shape index (κ2) is 7.55. The molecule has 0 bridgehead atoms. The lowest BCUT2D eigenvalue weighted by Gasteiger charge is -2.28. The van der Waals surface area contributed by atoms with E-state index in [9.17, 15) is 9.90 Å². The zero-order chi connectivity index (χ0) is 17.7. The topological polar surface area (TPSA) is 79.8 Å². The van der Waals surface area contributed by atoms with E-state index in [4.69, 9.17) is 9.47 Å². The first kappa shape index (κ1) is 19.1. The number of phenolic OH excluding ortho intramolecular Hbond substituents is 1. The molecule has 0 atom stereocenters. The Morgan fingerprint density at radius 3 is 2.43 bits per heavy atom. The van der Waals surface area contributed by atoms with Gasteiger partial charge in [-0.1, -0.05) is 0 Å². The second-order valence-corrected chi connectivity index (χ2v) is 7.09. The van der Waals surface area contributed by atoms with Crippen molar-refractivity contribution in [2.45, 2.75) is 52.3 Å². The molecule has 0 heterocycles. The summed E-state index contributed by atoms with van der Waals surface area (Å²) < 4.78 is 10.4. The number of rotatable bonds is 6. The fourth-order valence-corrected chi connectivity index (χ4v) is 1.83. The molecule has 6 heteroatoms. The highest BCUT2D eigenvalue weighted by Crippen LogP contribution is 2.23. The Balaban J connectivity index is 2.54. The van der Waals surface area contributed by atoms with Gasteiger partial charge in [0.25, 0.3) is 0 Å². The van der Waals surface area contributed by atoms with Crippen LogP contribution in [0.1, 0.15) is 40.2 Å². The molecular formula is C17H28N2O4. The zero-order valence-electron chi connectivity index (χ0n) is 14.8. The highest BCUT2D eigenvalue weighted by Gasteiger charge is 2.21. The van der Waals surface area contributed by atoms with Gasteiger partial charge in [0.2, 0.25) is 0 Å². The summed E-state index contributed by atoms with van der Waals surface area (Å²) in [6, 6.07) is 5.08. The zero-order valence-corrected chi connectivity index (χ0v) is 14.8. The van der Waals surface area contributed by atoms with E-state index >= 15 is 0 Å². The van der Waals surface area contributed by atoms with Crippen LogP contribution in [0.15, 0.2) is 18.2 Å². The van der Waals surface area contributed by atoms with Crippen molar-refractivity contribution in [3.05, 3.63) is 23.8 Å². The third kappa shape index (κ3) is 7.23. The Bertz CT molecular complexity index is 536. The number of methoxy groups -OCH3 is 1. The fourth-order valence-electron chi connectivity index (χ4n) is 1.83. The molecule has 0 radical (unpaired) electrons. The van der Waals surface area contributed by atoms with Crippen LogP contribution < -0.4 is 15.4 Å². The highest BCUT2D eigenvalue weighted by atomic mass is 16.6. The second-order valence-electron chi connectivity index (χ2n) is 7.09. The van der Waals surface area contributed by atoms with E-state index in [0.717, 1.165) is 5.56 Å². The molecule has 0 aliphatic heterocycles. The molecule has 0 fully saturated rings. The van der Waals surface area contributed by atoms with Crippen molar-refractivity contribution in [3.8, 4) is 11.5 Å². The molecule has 1 amide bonds. The molecule has 0 aliphatic carbocycles. The van der Waals surface area contributed by atoms with Crippen molar-refractivity contribution >= 4 is 6.09 Å². The van der Waals surface area contributed by atoms with Crippen LogP contribution in [0.2, 0.25) is 0 Å². The monoisotopic (exact) mass is 324 g/mol. The number of alkyl carbamates (subject to hydrolysis) is 1. The SMILES string of the molecule is COc1ccc(O)c(CNC(C)(C)CNC(=O)OC(C)(C)C)c1. The lowest BCUT2D eigenvalue weighted by atomic mass is 10.0. The van der Waals surface area contributed by atoms with E-state index in [1.165, 1.54) is 0 Å². The molecule has 23 heavy (non-hydrogen) atoms. The van der Waals surface area contributed by atoms with Crippen LogP contribution in [0.25, 0.3) is 0 Å². The van der Waals surface area contributed by atoms with Crippen molar-refractivity contribution in [3.63, 3.8) is 0 Å². The summed E-state index contributed by atoms with van der Waals surface area (Å²) in [7, 11) is 1.58. The quantitative estimate of drug-likeness (QED) is 0.750. The number of phenols is 1. The van der Waals surface area contributed by atoms with Crippen LogP contribution in [-0.2, 0) is 11.3 Å². The van der Waals surface area contributed by atoms with Gasteiger partial charge >= 0.3 is 6.09 Å². The average molecular weight is 324 g/mol. The first-order chi connectivity index (χ1) is 10.5. The number of hydrogen-bond donors (Lipinski definition) is 3. The molecule has 1 rings (SSSR count). The predicted molar refractivity (Wildman–Crippen MR) is 89.8 cm³/mol. The van der Waals surface area contributed by atoms with Gasteiger partial charge in [-0.3, -0.25) is 0 Å². The van der Waals surface area contributed by atoms with E-state index in [0.29, 0.717) is 18.8 Å². The van der Waals surface area contributed by atoms with Gasteiger partial charge in [0, 0.05) is 24.2 Å². The minimum Gasteiger partial charge on any atom is -0.508 e. The van der Waals surface area contributed by atoms with Gasteiger partial charge in [0.1, 0.15) is 17.1 Å². The fraction of sp³-hybridized carbons (Fsp3) is 0.588. The van der Waals surface area contributed by atoms with E-state index in [2.05, 4.69) is 10.6 Å². The Morgan fingerprint density at radius 1 is 1.22 bits per heavy atom. The lowest BCUT2D eigenvalue weighted by molar-refractivity contribution is 0.0513. The summed E-state index contributed by atoms with van der Waals surface area (Å²) in [4.78, 5) is 11.7. The van der Waals surface area contributed by atoms with Gasteiger partial charge in [0.15, 0.2) is 0 Å². The van der Waals surface area contributed by atoms with Crippen LogP contribution in [0, 0.1) is 0 Å². The van der Waals surface area contributed by atoms with E-state index in [1.807, 2.05) is 34.6 Å². The van der Waals surface area contributed by atoms with Crippen molar-refractivity contribution in [1.82, 2.24) is 10.6 Å². The smallest absolute Gasteiger partial charge is 0.407 e. The van der Waals surface area contributed by atoms with Crippen LogP contribution in [-0.4, -0.2) is 36.0 Å². The molecule has 130 valence electrons. The molecule has 0 aromatic heterocycles. The number of aromatic hydroxyl groups is 1. The first-order valence-electron chi connectivity index (χ1n) is 7.60. The van der Waals surface area contributed by atoms with Gasteiger partial charge < -0.3 is 25.2 Å². The highest BCUT2D eigenvalue weighted by molar-refractivity contribution is 5.67. The summed E-state index contributed by atoms with van der Waals surface area (Å²) in [6.07, 6.45) is -0.448. The van der Waals surface area contributed by atoms with Crippen LogP contribution in [0.3, 0.4) is 0 Å². The molecule has 0 saturated carbocycles. The number of carbonyl (C=O) groups excluding carboxylic acids is 1. The molecule has 3 N–H and O–H groups in total. The maximum Gasteiger partial charge on any atom is 0.407 e. The third-order valence-electron chi connectivity index (χ3n) is 3.12. The molecule has 0 saturated heterocycles. The van der Waals surface area contributed by atoms with E-state index < -0.39 is 11.7 Å². The molecular weight excluding hydrogens is 296 g/mol. The summed E-state index contributed by atoms with van der Waals surface area (Å²) in [5.74, 6) is 0.887. The minimum absolute atomic E-state index is 0.203. The molecule has 1 aromatic rings. The maximum absolute atomic E-state index is 11.7. The Hall–Kier alpha value is -1.95. The van der Waals surface area contributed by atoms with Gasteiger partial charge in [-0.25, -0.2) is 4.79 Å². The van der Waals surface area contributed by atoms with Gasteiger partial charge in [-0.15, -0.1) is 0 Å². The Labute approximate surface area is 138 Å². The molecule has 0 aliphatic rings. The first-order valence-corrected chi connectivity index (χ1v) is 7.60. The average Bonchev–Trinajstić information content (AvgIpc) is 2.43. The Kier molecular flexibility index (Phi) is 6.27. The minimum atomic E-state index is -0.520. The number of amides is 1. The number of benzene rings is 1. The normalized spacial score (nSPS) is 11.9. The molecule has 6 nitrogen and oxygen atoms in total. The maximum atomic E-state index is 11.7. The molecule has 0 unspecified atom stereocenters. The number of nitrogens with one attached hydrogen (secondary N) is 2. The van der Waals surface area contributed by atoms with Crippen LogP contribution in [0.4, 0.5) is 4.79 Å². The van der Waals surface area contributed by atoms with Crippen molar-refractivity contribution in [1.29, 1.82) is 0 Å². The van der Waals surface area contributed by atoms with E-state index in [1.54, 1.807) is 25.3 Å². The predicted octanol–water partition coefficient (Wildman–Crippen LogP) is 2.79. The third-order valence-corrected chi connectivity index (χ3v) is 3.12. The van der Waals surface area contributed by atoms with Gasteiger partial charge in [0.05, 0.1) is 7.11 Å². The van der Waals surface area contributed by atoms with E-state index in [-0.39, 0.29) is 11.3 Å². The van der Waals surface area contributed by atoms with Crippen LogP contribution in [0.5, 0.6) is 11.5 Å². The number of ether oxygens (including phenoxy) is 2. The summed E-state index contributed by atoms with van der Waals surface area (Å²) in [5, 5.41) is 15.9. The standard InChI is InChI=1S/C17H28N2O4/c1-16(2,3)23-15(21)18-11-17(4,5)19-10-12-9-13(22-6)7-8-14(12)20/h7-9,19-20H,10-11H2,1-6H3,(H,18,21). The molecule has 1 aromatic carbocycles. The number of hydrogen-bond acceptors (Lipinski definition) is 5. The van der Waals surface area contributed by atoms with Crippen molar-refractivity contribution in [2.24, 2.45) is 0 Å². The summed E-state index contributed by atoms with van der Waals surface area (Å²) in [5.41, 5.74) is -0.157. The van der Waals surface area contributed by atoms with Crippen LogP contribution >= 0.6 is 0 Å². The largest absolute Gasteiger partial charge is 0.508 e. The van der Waals surface area contributed by atoms with Crippen molar-refractivity contribution < 1.29 is 19.4 Å². The lowest BCUT2D eigenvalue weighted by Crippen LogP contribution is -2.49. The summed E-state index contributed by atoms with van der Waals surface area (Å²) in [6.45, 7) is 10.2. The Morgan fingerprint density at radius 2 is 1.87 bits per heavy atom. The van der Waals surface area contributed by atoms with Gasteiger partial charge in [-0.05, 0) is 52.8 Å². The summed E-state index contributed by atoms with van der Waals surface area (Å²) >= 11 is 0. The van der Waals surface area contributed by atoms with Crippen molar-refractivity contribution in [2.75, 3.05) is 13.7 Å².